The minimum atomic E-state index is -0.364. The van der Waals surface area contributed by atoms with Gasteiger partial charge < -0.3 is 4.74 Å². The zero-order chi connectivity index (χ0) is 11.3. The summed E-state index contributed by atoms with van der Waals surface area (Å²) in [6.45, 7) is 0. The van der Waals surface area contributed by atoms with E-state index in [1.807, 2.05) is 23.6 Å². The van der Waals surface area contributed by atoms with E-state index >= 15 is 0 Å². The van der Waals surface area contributed by atoms with Crippen molar-refractivity contribution < 1.29 is 9.53 Å². The largest absolute Gasteiger partial charge is 0.496 e. The number of methoxy groups -OCH3 is 1. The van der Waals surface area contributed by atoms with E-state index in [1.54, 1.807) is 13.2 Å². The van der Waals surface area contributed by atoms with Crippen LogP contribution in [-0.4, -0.2) is 13.0 Å². The van der Waals surface area contributed by atoms with Gasteiger partial charge in [-0.25, -0.2) is 5.84 Å². The lowest BCUT2D eigenvalue weighted by molar-refractivity contribution is -0.116. The highest BCUT2D eigenvalue weighted by molar-refractivity contribution is 9.10. The smallest absolute Gasteiger partial charge is 0.257 e. The quantitative estimate of drug-likeness (QED) is 0.378. The lowest BCUT2D eigenvalue weighted by Crippen LogP contribution is -2.27. The van der Waals surface area contributed by atoms with Crippen molar-refractivity contribution in [1.82, 2.24) is 5.43 Å². The molecule has 0 aliphatic carbocycles. The maximum absolute atomic E-state index is 10.9. The Kier molecular flexibility index (Phi) is 4.33. The van der Waals surface area contributed by atoms with Crippen molar-refractivity contribution in [3.8, 4) is 5.75 Å². The Balaban J connectivity index is 2.96. The number of benzene rings is 1. The highest BCUT2D eigenvalue weighted by Crippen LogP contribution is 2.23. The second-order valence-corrected chi connectivity index (χ2v) is 3.64. The lowest BCUT2D eigenvalue weighted by atomic mass is 10.2. The molecular formula is C10H11BrN2O2. The highest BCUT2D eigenvalue weighted by Gasteiger charge is 2.00. The third-order valence-electron chi connectivity index (χ3n) is 1.75. The van der Waals surface area contributed by atoms with Crippen molar-refractivity contribution in [1.29, 1.82) is 0 Å². The minimum Gasteiger partial charge on any atom is -0.496 e. The molecule has 0 saturated heterocycles. The highest BCUT2D eigenvalue weighted by atomic mass is 79.9. The summed E-state index contributed by atoms with van der Waals surface area (Å²) in [6.07, 6.45) is 2.97. The molecule has 0 aliphatic rings. The minimum absolute atomic E-state index is 0.364. The average Bonchev–Trinajstić information content (AvgIpc) is 2.26. The van der Waals surface area contributed by atoms with E-state index in [1.165, 1.54) is 6.08 Å². The number of carbonyl (C=O) groups is 1. The summed E-state index contributed by atoms with van der Waals surface area (Å²) in [5.74, 6) is 5.28. The van der Waals surface area contributed by atoms with Gasteiger partial charge in [0.2, 0.25) is 0 Å². The Morgan fingerprint density at radius 3 is 2.93 bits per heavy atom. The molecule has 0 fully saturated rings. The summed E-state index contributed by atoms with van der Waals surface area (Å²) >= 11 is 3.33. The van der Waals surface area contributed by atoms with Crippen molar-refractivity contribution in [3.05, 3.63) is 34.3 Å². The molecule has 0 saturated carbocycles. The number of hydrogen-bond donors (Lipinski definition) is 2. The van der Waals surface area contributed by atoms with Crippen LogP contribution < -0.4 is 16.0 Å². The molecule has 0 aromatic heterocycles. The number of rotatable bonds is 3. The second-order valence-electron chi connectivity index (χ2n) is 2.73. The molecule has 0 heterocycles. The molecule has 0 unspecified atom stereocenters. The number of halogens is 1. The fraction of sp³-hybridized carbons (Fsp3) is 0.100. The van der Waals surface area contributed by atoms with Gasteiger partial charge in [-0.1, -0.05) is 15.9 Å². The van der Waals surface area contributed by atoms with Gasteiger partial charge in [0.15, 0.2) is 0 Å². The van der Waals surface area contributed by atoms with E-state index in [-0.39, 0.29) is 5.91 Å². The molecule has 4 nitrogen and oxygen atoms in total. The predicted octanol–water partition coefficient (Wildman–Crippen LogP) is 1.46. The topological polar surface area (TPSA) is 64.3 Å². The molecule has 0 bridgehead atoms. The van der Waals surface area contributed by atoms with Crippen LogP contribution in [0.15, 0.2) is 28.7 Å². The molecule has 0 aliphatic heterocycles. The van der Waals surface area contributed by atoms with Gasteiger partial charge in [-0.15, -0.1) is 0 Å². The first-order valence-electron chi connectivity index (χ1n) is 4.19. The number of hydrogen-bond acceptors (Lipinski definition) is 3. The third-order valence-corrected chi connectivity index (χ3v) is 2.24. The van der Waals surface area contributed by atoms with E-state index in [0.29, 0.717) is 5.75 Å². The molecule has 1 aromatic carbocycles. The van der Waals surface area contributed by atoms with Crippen LogP contribution in [0.3, 0.4) is 0 Å². The van der Waals surface area contributed by atoms with Gasteiger partial charge in [0.25, 0.3) is 5.91 Å². The average molecular weight is 271 g/mol. The molecule has 0 radical (unpaired) electrons. The summed E-state index contributed by atoms with van der Waals surface area (Å²) in [5.41, 5.74) is 2.81. The summed E-state index contributed by atoms with van der Waals surface area (Å²) < 4.78 is 6.04. The van der Waals surface area contributed by atoms with Crippen LogP contribution in [0.2, 0.25) is 0 Å². The van der Waals surface area contributed by atoms with E-state index in [4.69, 9.17) is 10.6 Å². The Labute approximate surface area is 96.2 Å². The number of amides is 1. The summed E-state index contributed by atoms with van der Waals surface area (Å²) in [4.78, 5) is 10.9. The summed E-state index contributed by atoms with van der Waals surface area (Å²) in [7, 11) is 1.57. The fourth-order valence-corrected chi connectivity index (χ4v) is 1.43. The zero-order valence-corrected chi connectivity index (χ0v) is 9.74. The predicted molar refractivity (Wildman–Crippen MR) is 62.1 cm³/mol. The summed E-state index contributed by atoms with van der Waals surface area (Å²) in [5, 5.41) is 0. The normalized spacial score (nSPS) is 10.3. The van der Waals surface area contributed by atoms with E-state index in [2.05, 4.69) is 15.9 Å². The zero-order valence-electron chi connectivity index (χ0n) is 8.16. The number of nitrogens with one attached hydrogen (secondary N) is 1. The van der Waals surface area contributed by atoms with Crippen molar-refractivity contribution in [3.63, 3.8) is 0 Å². The maximum Gasteiger partial charge on any atom is 0.257 e. The van der Waals surface area contributed by atoms with Crippen LogP contribution in [0.5, 0.6) is 5.75 Å². The van der Waals surface area contributed by atoms with Crippen LogP contribution in [0, 0.1) is 0 Å². The Morgan fingerprint density at radius 1 is 1.60 bits per heavy atom. The van der Waals surface area contributed by atoms with Gasteiger partial charge in [-0.3, -0.25) is 10.2 Å². The molecule has 0 atom stereocenters. The van der Waals surface area contributed by atoms with Crippen molar-refractivity contribution in [2.45, 2.75) is 0 Å². The van der Waals surface area contributed by atoms with Crippen LogP contribution in [-0.2, 0) is 4.79 Å². The van der Waals surface area contributed by atoms with Crippen molar-refractivity contribution in [2.24, 2.45) is 5.84 Å². The molecule has 1 rings (SSSR count). The van der Waals surface area contributed by atoms with Gasteiger partial charge in [0.1, 0.15) is 5.75 Å². The first-order chi connectivity index (χ1) is 7.17. The molecule has 15 heavy (non-hydrogen) atoms. The molecule has 1 amide bonds. The van der Waals surface area contributed by atoms with Gasteiger partial charge in [-0.05, 0) is 24.3 Å². The van der Waals surface area contributed by atoms with Crippen molar-refractivity contribution in [2.75, 3.05) is 7.11 Å². The van der Waals surface area contributed by atoms with E-state index < -0.39 is 0 Å². The summed E-state index contributed by atoms with van der Waals surface area (Å²) in [6, 6.07) is 5.52. The number of nitrogens with two attached hydrogens (primary N) is 1. The monoisotopic (exact) mass is 270 g/mol. The van der Waals surface area contributed by atoms with Crippen LogP contribution >= 0.6 is 15.9 Å². The SMILES string of the molecule is COc1ccc(Br)cc1/C=C/C(=O)NN. The molecule has 3 N–H and O–H groups in total. The number of ether oxygens (including phenoxy) is 1. The third kappa shape index (κ3) is 3.38. The van der Waals surface area contributed by atoms with Gasteiger partial charge in [0.05, 0.1) is 7.11 Å². The first kappa shape index (κ1) is 11.7. The molecule has 0 spiro atoms. The van der Waals surface area contributed by atoms with Crippen LogP contribution in [0.25, 0.3) is 6.08 Å². The van der Waals surface area contributed by atoms with Gasteiger partial charge in [-0.2, -0.15) is 0 Å². The number of carbonyl (C=O) groups excluding carboxylic acids is 1. The molecular weight excluding hydrogens is 260 g/mol. The first-order valence-corrected chi connectivity index (χ1v) is 4.99. The molecule has 80 valence electrons. The Bertz CT molecular complexity index is 391. The van der Waals surface area contributed by atoms with Gasteiger partial charge >= 0.3 is 0 Å². The Hall–Kier alpha value is -1.33. The Morgan fingerprint density at radius 2 is 2.33 bits per heavy atom. The lowest BCUT2D eigenvalue weighted by Gasteiger charge is -2.04. The van der Waals surface area contributed by atoms with Crippen molar-refractivity contribution >= 4 is 27.9 Å². The second kappa shape index (κ2) is 5.53. The molecule has 5 heteroatoms. The fourth-order valence-electron chi connectivity index (χ4n) is 1.05. The number of hydrazine groups is 1. The molecule has 1 aromatic rings. The van der Waals surface area contributed by atoms with Crippen LogP contribution in [0.1, 0.15) is 5.56 Å². The van der Waals surface area contributed by atoms with E-state index in [0.717, 1.165) is 10.0 Å². The van der Waals surface area contributed by atoms with Gasteiger partial charge in [0, 0.05) is 16.1 Å². The van der Waals surface area contributed by atoms with E-state index in [9.17, 15) is 4.79 Å². The van der Waals surface area contributed by atoms with Crippen LogP contribution in [0.4, 0.5) is 0 Å². The standard InChI is InChI=1S/C10H11BrN2O2/c1-15-9-4-3-8(11)6-7(9)2-5-10(14)13-12/h2-6H,12H2,1H3,(H,13,14)/b5-2+. The maximum atomic E-state index is 10.9.